The second-order valence-corrected chi connectivity index (χ2v) is 8.05. The highest BCUT2D eigenvalue weighted by molar-refractivity contribution is 5.68. The zero-order chi connectivity index (χ0) is 15.5. The van der Waals surface area contributed by atoms with Gasteiger partial charge in [0.1, 0.15) is 5.60 Å². The van der Waals surface area contributed by atoms with Crippen molar-refractivity contribution in [3.8, 4) is 0 Å². The van der Waals surface area contributed by atoms with Crippen LogP contribution in [0.4, 0.5) is 4.79 Å². The Labute approximate surface area is 129 Å². The summed E-state index contributed by atoms with van der Waals surface area (Å²) in [6, 6.07) is 0.820. The molecule has 0 aromatic heterocycles. The maximum atomic E-state index is 11.8. The first-order valence-corrected chi connectivity index (χ1v) is 8.54. The van der Waals surface area contributed by atoms with Gasteiger partial charge in [-0.25, -0.2) is 4.79 Å². The molecule has 21 heavy (non-hydrogen) atoms. The molecule has 0 radical (unpaired) electrons. The molecule has 0 aliphatic heterocycles. The van der Waals surface area contributed by atoms with Crippen LogP contribution in [0.5, 0.6) is 0 Å². The lowest BCUT2D eigenvalue weighted by Crippen LogP contribution is -2.39. The fourth-order valence-electron chi connectivity index (χ4n) is 3.62. The number of hydrogen-bond acceptors (Lipinski definition) is 3. The minimum absolute atomic E-state index is 0.264. The molecular formula is C17H32N2O2. The van der Waals surface area contributed by atoms with Crippen molar-refractivity contribution in [1.82, 2.24) is 10.6 Å². The van der Waals surface area contributed by atoms with Gasteiger partial charge in [0.05, 0.1) is 0 Å². The Hall–Kier alpha value is -0.770. The van der Waals surface area contributed by atoms with E-state index in [9.17, 15) is 4.79 Å². The molecule has 2 aliphatic carbocycles. The average molecular weight is 296 g/mol. The van der Waals surface area contributed by atoms with Gasteiger partial charge in [0.25, 0.3) is 0 Å². The van der Waals surface area contributed by atoms with Gasteiger partial charge in [0.2, 0.25) is 0 Å². The zero-order valence-corrected chi connectivity index (χ0v) is 14.1. The molecule has 2 rings (SSSR count). The molecule has 4 unspecified atom stereocenters. The molecule has 0 saturated heterocycles. The van der Waals surface area contributed by atoms with Gasteiger partial charge in [-0.2, -0.15) is 0 Å². The van der Waals surface area contributed by atoms with Gasteiger partial charge in [-0.05, 0) is 71.3 Å². The van der Waals surface area contributed by atoms with Crippen molar-refractivity contribution in [2.24, 2.45) is 11.8 Å². The monoisotopic (exact) mass is 296 g/mol. The SMILES string of the molecule is CC1CCC(CNC2CCC(NC(=O)OC(C)(C)C)C2)C1. The Kier molecular flexibility index (Phi) is 5.53. The summed E-state index contributed by atoms with van der Waals surface area (Å²) in [5.74, 6) is 1.76. The Balaban J connectivity index is 1.63. The zero-order valence-electron chi connectivity index (χ0n) is 14.1. The lowest BCUT2D eigenvalue weighted by Gasteiger charge is -2.22. The highest BCUT2D eigenvalue weighted by Gasteiger charge is 2.28. The van der Waals surface area contributed by atoms with Crippen LogP contribution in [-0.4, -0.2) is 30.3 Å². The molecule has 0 bridgehead atoms. The highest BCUT2D eigenvalue weighted by Crippen LogP contribution is 2.30. The molecule has 0 aromatic rings. The van der Waals surface area contributed by atoms with Crippen molar-refractivity contribution in [3.63, 3.8) is 0 Å². The van der Waals surface area contributed by atoms with Crippen LogP contribution in [0.2, 0.25) is 0 Å². The number of amides is 1. The van der Waals surface area contributed by atoms with Crippen LogP contribution in [0, 0.1) is 11.8 Å². The van der Waals surface area contributed by atoms with Crippen molar-refractivity contribution in [2.75, 3.05) is 6.54 Å². The number of ether oxygens (including phenoxy) is 1. The second-order valence-electron chi connectivity index (χ2n) is 8.05. The summed E-state index contributed by atoms with van der Waals surface area (Å²) in [6.07, 6.45) is 7.10. The Morgan fingerprint density at radius 1 is 1.10 bits per heavy atom. The van der Waals surface area contributed by atoms with E-state index in [0.29, 0.717) is 6.04 Å². The molecule has 0 aromatic carbocycles. The molecule has 2 saturated carbocycles. The molecule has 2 fully saturated rings. The first-order chi connectivity index (χ1) is 9.82. The molecule has 4 nitrogen and oxygen atoms in total. The topological polar surface area (TPSA) is 50.4 Å². The molecule has 2 N–H and O–H groups in total. The van der Waals surface area contributed by atoms with E-state index in [-0.39, 0.29) is 12.1 Å². The third-order valence-electron chi connectivity index (χ3n) is 4.65. The van der Waals surface area contributed by atoms with Crippen molar-refractivity contribution in [1.29, 1.82) is 0 Å². The van der Waals surface area contributed by atoms with Crippen LogP contribution in [0.1, 0.15) is 66.2 Å². The fraction of sp³-hybridized carbons (Fsp3) is 0.941. The number of alkyl carbamates (subject to hydrolysis) is 1. The van der Waals surface area contributed by atoms with Gasteiger partial charge >= 0.3 is 6.09 Å². The first kappa shape index (κ1) is 16.6. The van der Waals surface area contributed by atoms with Crippen molar-refractivity contribution < 1.29 is 9.53 Å². The van der Waals surface area contributed by atoms with Crippen LogP contribution in [0.3, 0.4) is 0 Å². The van der Waals surface area contributed by atoms with E-state index < -0.39 is 5.60 Å². The lowest BCUT2D eigenvalue weighted by molar-refractivity contribution is 0.0505. The number of nitrogens with one attached hydrogen (secondary N) is 2. The van der Waals surface area contributed by atoms with Gasteiger partial charge in [0.15, 0.2) is 0 Å². The third kappa shape index (κ3) is 5.85. The summed E-state index contributed by atoms with van der Waals surface area (Å²) < 4.78 is 5.32. The van der Waals surface area contributed by atoms with E-state index in [0.717, 1.165) is 37.6 Å². The van der Waals surface area contributed by atoms with Crippen LogP contribution in [0.25, 0.3) is 0 Å². The number of rotatable bonds is 4. The predicted molar refractivity (Wildman–Crippen MR) is 85.3 cm³/mol. The molecule has 0 spiro atoms. The standard InChI is InChI=1S/C17H32N2O2/c1-12-5-6-13(9-12)11-18-14-7-8-15(10-14)19-16(20)21-17(2,3)4/h12-15,18H,5-11H2,1-4H3,(H,19,20). The summed E-state index contributed by atoms with van der Waals surface area (Å²) >= 11 is 0. The minimum atomic E-state index is -0.417. The number of carbonyl (C=O) groups is 1. The maximum Gasteiger partial charge on any atom is 0.407 e. The Morgan fingerprint density at radius 3 is 2.43 bits per heavy atom. The summed E-state index contributed by atoms with van der Waals surface area (Å²) in [4.78, 5) is 11.8. The van der Waals surface area contributed by atoms with Gasteiger partial charge in [0, 0.05) is 12.1 Å². The Morgan fingerprint density at radius 2 is 1.81 bits per heavy atom. The van der Waals surface area contributed by atoms with E-state index in [2.05, 4.69) is 17.6 Å². The molecule has 122 valence electrons. The smallest absolute Gasteiger partial charge is 0.407 e. The summed E-state index contributed by atoms with van der Waals surface area (Å²) in [5, 5.41) is 6.70. The minimum Gasteiger partial charge on any atom is -0.444 e. The van der Waals surface area contributed by atoms with Crippen LogP contribution in [-0.2, 0) is 4.74 Å². The number of carbonyl (C=O) groups excluding carboxylic acids is 1. The molecule has 2 aliphatic rings. The molecule has 4 atom stereocenters. The lowest BCUT2D eigenvalue weighted by atomic mass is 10.1. The molecule has 4 heteroatoms. The Bertz CT molecular complexity index is 351. The van der Waals surface area contributed by atoms with Crippen LogP contribution >= 0.6 is 0 Å². The van der Waals surface area contributed by atoms with Crippen molar-refractivity contribution in [3.05, 3.63) is 0 Å². The summed E-state index contributed by atoms with van der Waals surface area (Å²) in [7, 11) is 0. The van der Waals surface area contributed by atoms with E-state index in [4.69, 9.17) is 4.74 Å². The van der Waals surface area contributed by atoms with Crippen LogP contribution in [0.15, 0.2) is 0 Å². The van der Waals surface area contributed by atoms with Crippen molar-refractivity contribution in [2.45, 2.75) is 83.9 Å². The molecule has 0 heterocycles. The van der Waals surface area contributed by atoms with E-state index >= 15 is 0 Å². The summed E-state index contributed by atoms with van der Waals surface area (Å²) in [5.41, 5.74) is -0.417. The quantitative estimate of drug-likeness (QED) is 0.835. The third-order valence-corrected chi connectivity index (χ3v) is 4.65. The fourth-order valence-corrected chi connectivity index (χ4v) is 3.62. The second kappa shape index (κ2) is 6.99. The summed E-state index contributed by atoms with van der Waals surface area (Å²) in [6.45, 7) is 9.20. The van der Waals surface area contributed by atoms with E-state index in [1.165, 1.54) is 19.3 Å². The van der Waals surface area contributed by atoms with E-state index in [1.54, 1.807) is 0 Å². The normalized spacial score (nSPS) is 33.1. The first-order valence-electron chi connectivity index (χ1n) is 8.54. The molecule has 1 amide bonds. The van der Waals surface area contributed by atoms with Gasteiger partial charge in [-0.1, -0.05) is 13.3 Å². The van der Waals surface area contributed by atoms with Gasteiger partial charge in [-0.3, -0.25) is 0 Å². The van der Waals surface area contributed by atoms with Crippen molar-refractivity contribution >= 4 is 6.09 Å². The molecular weight excluding hydrogens is 264 g/mol. The average Bonchev–Trinajstić information content (AvgIpc) is 2.93. The highest BCUT2D eigenvalue weighted by atomic mass is 16.6. The van der Waals surface area contributed by atoms with Gasteiger partial charge in [-0.15, -0.1) is 0 Å². The van der Waals surface area contributed by atoms with E-state index in [1.807, 2.05) is 20.8 Å². The van der Waals surface area contributed by atoms with Gasteiger partial charge < -0.3 is 15.4 Å². The predicted octanol–water partition coefficient (Wildman–Crippen LogP) is 3.46. The maximum absolute atomic E-state index is 11.8. The largest absolute Gasteiger partial charge is 0.444 e. The van der Waals surface area contributed by atoms with Crippen LogP contribution < -0.4 is 10.6 Å². The number of hydrogen-bond donors (Lipinski definition) is 2.